The van der Waals surface area contributed by atoms with Gasteiger partial charge in [0.15, 0.2) is 0 Å². The Kier molecular flexibility index (Phi) is 4.74. The molecule has 2 heteroatoms. The maximum atomic E-state index is 4.73. The molecule has 1 aromatic heterocycles. The first-order valence-corrected chi connectivity index (χ1v) is 12.1. The zero-order valence-electron chi connectivity index (χ0n) is 18.4. The Morgan fingerprint density at radius 1 is 0.871 bits per heavy atom. The highest BCUT2D eigenvalue weighted by Gasteiger charge is 2.26. The van der Waals surface area contributed by atoms with E-state index >= 15 is 0 Å². The normalized spacial score (nSPS) is 18.4. The van der Waals surface area contributed by atoms with E-state index in [-0.39, 0.29) is 0 Å². The first-order valence-electron chi connectivity index (χ1n) is 12.1. The second-order valence-electron chi connectivity index (χ2n) is 9.53. The summed E-state index contributed by atoms with van der Waals surface area (Å²) in [6, 6.07) is 16.1. The summed E-state index contributed by atoms with van der Waals surface area (Å²) < 4.78 is 0. The number of rotatable bonds is 5. The fraction of sp³-hybridized carbons (Fsp3) is 0.379. The van der Waals surface area contributed by atoms with Crippen molar-refractivity contribution >= 4 is 21.5 Å². The van der Waals surface area contributed by atoms with Gasteiger partial charge in [0.1, 0.15) is 5.82 Å². The molecule has 2 aliphatic rings. The molecule has 6 rings (SSSR count). The Morgan fingerprint density at radius 2 is 1.65 bits per heavy atom. The van der Waals surface area contributed by atoms with E-state index in [0.717, 1.165) is 17.3 Å². The molecule has 0 N–H and O–H groups in total. The summed E-state index contributed by atoms with van der Waals surface area (Å²) in [5.74, 6) is 2.34. The van der Waals surface area contributed by atoms with Crippen molar-refractivity contribution in [3.63, 3.8) is 0 Å². The van der Waals surface area contributed by atoms with Crippen LogP contribution in [0.25, 0.3) is 32.7 Å². The van der Waals surface area contributed by atoms with Crippen LogP contribution in [0.1, 0.15) is 80.7 Å². The highest BCUT2D eigenvalue weighted by molar-refractivity contribution is 6.14. The zero-order valence-corrected chi connectivity index (χ0v) is 18.4. The molecule has 31 heavy (non-hydrogen) atoms. The summed E-state index contributed by atoms with van der Waals surface area (Å²) in [5.41, 5.74) is 5.61. The van der Waals surface area contributed by atoms with E-state index in [2.05, 4.69) is 49.4 Å². The highest BCUT2D eigenvalue weighted by Crippen LogP contribution is 2.43. The summed E-state index contributed by atoms with van der Waals surface area (Å²) in [7, 11) is 0. The van der Waals surface area contributed by atoms with Crippen molar-refractivity contribution in [2.45, 2.75) is 70.1 Å². The van der Waals surface area contributed by atoms with Gasteiger partial charge in [-0.05, 0) is 88.7 Å². The number of benzene rings is 3. The molecule has 1 unspecified atom stereocenters. The maximum absolute atomic E-state index is 4.73. The average molecular weight is 407 g/mol. The van der Waals surface area contributed by atoms with E-state index in [1.807, 2.05) is 12.4 Å². The quantitative estimate of drug-likeness (QED) is 0.314. The molecule has 1 heterocycles. The Labute approximate surface area is 184 Å². The average Bonchev–Trinajstić information content (AvgIpc) is 3.67. The van der Waals surface area contributed by atoms with Crippen molar-refractivity contribution < 1.29 is 0 Å². The molecule has 1 atom stereocenters. The molecule has 0 bridgehead atoms. The van der Waals surface area contributed by atoms with Crippen LogP contribution < -0.4 is 0 Å². The summed E-state index contributed by atoms with van der Waals surface area (Å²) in [6.45, 7) is 2.30. The van der Waals surface area contributed by atoms with Crippen LogP contribution in [0.3, 0.4) is 0 Å². The molecule has 0 amide bonds. The lowest BCUT2D eigenvalue weighted by Gasteiger charge is -2.27. The first-order chi connectivity index (χ1) is 15.3. The van der Waals surface area contributed by atoms with Gasteiger partial charge in [0, 0.05) is 23.9 Å². The predicted molar refractivity (Wildman–Crippen MR) is 130 cm³/mol. The number of unbranched alkanes of at least 4 members (excludes halogenated alkanes) is 1. The summed E-state index contributed by atoms with van der Waals surface area (Å²) in [5, 5.41) is 5.49. The monoisotopic (exact) mass is 406 g/mol. The number of aryl methyl sites for hydroxylation is 1. The lowest BCUT2D eigenvalue weighted by Crippen LogP contribution is -2.10. The van der Waals surface area contributed by atoms with Gasteiger partial charge in [-0.2, -0.15) is 0 Å². The molecule has 1 fully saturated rings. The fourth-order valence-electron chi connectivity index (χ4n) is 5.62. The minimum absolute atomic E-state index is 0.592. The highest BCUT2D eigenvalue weighted by atomic mass is 14.9. The van der Waals surface area contributed by atoms with E-state index in [1.54, 1.807) is 11.1 Å². The fourth-order valence-corrected chi connectivity index (χ4v) is 5.62. The van der Waals surface area contributed by atoms with Crippen molar-refractivity contribution in [1.29, 1.82) is 0 Å². The Bertz CT molecular complexity index is 1250. The Morgan fingerprint density at radius 3 is 2.42 bits per heavy atom. The third-order valence-electron chi connectivity index (χ3n) is 7.44. The second-order valence-corrected chi connectivity index (χ2v) is 9.53. The molecule has 0 radical (unpaired) electrons. The predicted octanol–water partition coefficient (Wildman–Crippen LogP) is 7.94. The van der Waals surface area contributed by atoms with Gasteiger partial charge in [-0.15, -0.1) is 0 Å². The summed E-state index contributed by atoms with van der Waals surface area (Å²) >= 11 is 0. The van der Waals surface area contributed by atoms with Gasteiger partial charge in [0.25, 0.3) is 0 Å². The van der Waals surface area contributed by atoms with Crippen LogP contribution in [0, 0.1) is 0 Å². The van der Waals surface area contributed by atoms with Gasteiger partial charge in [-0.25, -0.2) is 9.97 Å². The van der Waals surface area contributed by atoms with E-state index in [0.29, 0.717) is 5.92 Å². The van der Waals surface area contributed by atoms with Gasteiger partial charge in [0.2, 0.25) is 0 Å². The minimum atomic E-state index is 0.592. The molecule has 2 aliphatic carbocycles. The largest absolute Gasteiger partial charge is 0.240 e. The standard InChI is InChI=1S/C29H30N2/c1-2-3-7-19-8-6-11-23-22(19)14-15-26-24-9-4-5-10-25(24)27(16-28(23)26)21-17-30-29(31-18-21)20-12-13-20/h4-5,9-10,14-20H,2-3,6-8,11-13H2,1H3. The van der Waals surface area contributed by atoms with Crippen LogP contribution in [-0.2, 0) is 6.42 Å². The van der Waals surface area contributed by atoms with Gasteiger partial charge >= 0.3 is 0 Å². The molecule has 0 aliphatic heterocycles. The summed E-state index contributed by atoms with van der Waals surface area (Å²) in [4.78, 5) is 9.45. The van der Waals surface area contributed by atoms with Gasteiger partial charge in [-0.3, -0.25) is 0 Å². The maximum Gasteiger partial charge on any atom is 0.131 e. The van der Waals surface area contributed by atoms with Crippen LogP contribution >= 0.6 is 0 Å². The van der Waals surface area contributed by atoms with E-state index in [1.165, 1.54) is 78.5 Å². The van der Waals surface area contributed by atoms with Crippen LogP contribution in [0.5, 0.6) is 0 Å². The van der Waals surface area contributed by atoms with Crippen LogP contribution in [-0.4, -0.2) is 9.97 Å². The Balaban J connectivity index is 1.56. The van der Waals surface area contributed by atoms with E-state index in [4.69, 9.17) is 9.97 Å². The van der Waals surface area contributed by atoms with Crippen molar-refractivity contribution in [1.82, 2.24) is 9.97 Å². The molecule has 4 aromatic rings. The molecule has 2 nitrogen and oxygen atoms in total. The van der Waals surface area contributed by atoms with E-state index in [9.17, 15) is 0 Å². The third kappa shape index (κ3) is 3.33. The Hall–Kier alpha value is -2.74. The van der Waals surface area contributed by atoms with Gasteiger partial charge < -0.3 is 0 Å². The zero-order chi connectivity index (χ0) is 20.8. The van der Waals surface area contributed by atoms with Crippen LogP contribution in [0.4, 0.5) is 0 Å². The van der Waals surface area contributed by atoms with Crippen LogP contribution in [0.15, 0.2) is 54.9 Å². The second kappa shape index (κ2) is 7.75. The molecular formula is C29H30N2. The molecule has 3 aromatic carbocycles. The number of hydrogen-bond acceptors (Lipinski definition) is 2. The lowest BCUT2D eigenvalue weighted by atomic mass is 9.77. The van der Waals surface area contributed by atoms with Crippen molar-refractivity contribution in [3.05, 3.63) is 71.8 Å². The van der Waals surface area contributed by atoms with Crippen molar-refractivity contribution in [3.8, 4) is 11.1 Å². The SMILES string of the molecule is CCCCC1CCCc2c1ccc1c2cc(-c2cnc(C3CC3)nc2)c2ccccc21. The molecule has 156 valence electrons. The molecule has 0 saturated heterocycles. The topological polar surface area (TPSA) is 25.8 Å². The number of nitrogens with zero attached hydrogens (tertiary/aromatic N) is 2. The number of aromatic nitrogens is 2. The molecule has 1 saturated carbocycles. The van der Waals surface area contributed by atoms with Crippen molar-refractivity contribution in [2.75, 3.05) is 0 Å². The molecular weight excluding hydrogens is 376 g/mol. The third-order valence-corrected chi connectivity index (χ3v) is 7.44. The number of fused-ring (bicyclic) bond motifs is 5. The summed E-state index contributed by atoms with van der Waals surface area (Å²) in [6.07, 6.45) is 14.4. The molecule has 0 spiro atoms. The van der Waals surface area contributed by atoms with Crippen LogP contribution in [0.2, 0.25) is 0 Å². The first kappa shape index (κ1) is 19.0. The van der Waals surface area contributed by atoms with Gasteiger partial charge in [0.05, 0.1) is 0 Å². The van der Waals surface area contributed by atoms with Crippen molar-refractivity contribution in [2.24, 2.45) is 0 Å². The lowest BCUT2D eigenvalue weighted by molar-refractivity contribution is 0.503. The smallest absolute Gasteiger partial charge is 0.131 e. The van der Waals surface area contributed by atoms with Gasteiger partial charge in [-0.1, -0.05) is 56.2 Å². The minimum Gasteiger partial charge on any atom is -0.240 e. The number of hydrogen-bond donors (Lipinski definition) is 0. The van der Waals surface area contributed by atoms with E-state index < -0.39 is 0 Å².